The van der Waals surface area contributed by atoms with Gasteiger partial charge in [-0.2, -0.15) is 0 Å². The van der Waals surface area contributed by atoms with Crippen LogP contribution in [0.3, 0.4) is 0 Å². The van der Waals surface area contributed by atoms with E-state index in [1.165, 1.54) is 0 Å². The molecule has 0 unspecified atom stereocenters. The summed E-state index contributed by atoms with van der Waals surface area (Å²) in [4.78, 5) is 8.09. The number of pyridine rings is 2. The van der Waals surface area contributed by atoms with Gasteiger partial charge in [-0.3, -0.25) is 4.98 Å². The van der Waals surface area contributed by atoms with Gasteiger partial charge in [-0.25, -0.2) is 4.98 Å². The second kappa shape index (κ2) is 6.21. The summed E-state index contributed by atoms with van der Waals surface area (Å²) >= 11 is 5.91. The van der Waals surface area contributed by atoms with Crippen LogP contribution in [0, 0.1) is 11.8 Å². The second-order valence-electron chi connectivity index (χ2n) is 4.34. The number of nitrogens with zero attached hydrogens (tertiary/aromatic N) is 2. The molecule has 0 saturated carbocycles. The van der Waals surface area contributed by atoms with E-state index in [2.05, 4.69) is 41.0 Å². The van der Waals surface area contributed by atoms with E-state index in [1.807, 2.05) is 12.1 Å². The van der Waals surface area contributed by atoms with Crippen molar-refractivity contribution in [3.05, 3.63) is 53.1 Å². The first-order chi connectivity index (χ1) is 9.15. The Hall–Kier alpha value is -2.05. The molecule has 0 spiro atoms. The number of rotatable bonds is 2. The Morgan fingerprint density at radius 1 is 1.26 bits per heavy atom. The molecule has 0 aromatic carbocycles. The number of aromatic nitrogens is 2. The van der Waals surface area contributed by atoms with Crippen LogP contribution in [-0.2, 0) is 0 Å². The van der Waals surface area contributed by atoms with Crippen LogP contribution in [0.2, 0.25) is 5.15 Å². The molecule has 0 aliphatic rings. The highest BCUT2D eigenvalue weighted by Gasteiger charge is 2.03. The van der Waals surface area contributed by atoms with Crippen molar-refractivity contribution in [1.82, 2.24) is 9.97 Å². The average Bonchev–Trinajstić information content (AvgIpc) is 2.38. The lowest BCUT2D eigenvalue weighted by Crippen LogP contribution is -2.11. The molecule has 3 nitrogen and oxygen atoms in total. The lowest BCUT2D eigenvalue weighted by molar-refractivity contribution is 0.898. The van der Waals surface area contributed by atoms with Gasteiger partial charge in [-0.15, -0.1) is 0 Å². The molecule has 4 heteroatoms. The largest absolute Gasteiger partial charge is 0.382 e. The lowest BCUT2D eigenvalue weighted by Gasteiger charge is -2.11. The molecule has 96 valence electrons. The minimum absolute atomic E-state index is 0.303. The van der Waals surface area contributed by atoms with E-state index < -0.39 is 0 Å². The molecular weight excluding hydrogens is 258 g/mol. The first-order valence-corrected chi connectivity index (χ1v) is 6.37. The van der Waals surface area contributed by atoms with Gasteiger partial charge in [-0.1, -0.05) is 23.4 Å². The van der Waals surface area contributed by atoms with E-state index >= 15 is 0 Å². The topological polar surface area (TPSA) is 37.8 Å². The predicted molar refractivity (Wildman–Crippen MR) is 78.2 cm³/mol. The van der Waals surface area contributed by atoms with Gasteiger partial charge in [0.1, 0.15) is 5.15 Å². The first-order valence-electron chi connectivity index (χ1n) is 5.99. The van der Waals surface area contributed by atoms with Crippen LogP contribution in [0.25, 0.3) is 0 Å². The zero-order valence-electron chi connectivity index (χ0n) is 10.8. The van der Waals surface area contributed by atoms with Gasteiger partial charge in [-0.05, 0) is 32.0 Å². The second-order valence-corrected chi connectivity index (χ2v) is 4.73. The summed E-state index contributed by atoms with van der Waals surface area (Å²) in [7, 11) is 0. The minimum Gasteiger partial charge on any atom is -0.382 e. The Labute approximate surface area is 118 Å². The first kappa shape index (κ1) is 13.4. The van der Waals surface area contributed by atoms with E-state index in [0.717, 1.165) is 16.8 Å². The monoisotopic (exact) mass is 271 g/mol. The van der Waals surface area contributed by atoms with Crippen molar-refractivity contribution >= 4 is 17.3 Å². The summed E-state index contributed by atoms with van der Waals surface area (Å²) in [6, 6.07) is 5.86. The Morgan fingerprint density at radius 3 is 2.79 bits per heavy atom. The van der Waals surface area contributed by atoms with E-state index in [4.69, 9.17) is 11.6 Å². The van der Waals surface area contributed by atoms with E-state index in [1.54, 1.807) is 24.7 Å². The quantitative estimate of drug-likeness (QED) is 0.672. The lowest BCUT2D eigenvalue weighted by atomic mass is 10.2. The fourth-order valence-electron chi connectivity index (χ4n) is 1.54. The zero-order chi connectivity index (χ0) is 13.7. The average molecular weight is 272 g/mol. The SMILES string of the molecule is CC(C)Nc1cc(Cl)ncc1C#Cc1cccnc1. The van der Waals surface area contributed by atoms with Crippen molar-refractivity contribution < 1.29 is 0 Å². The molecule has 0 amide bonds. The van der Waals surface area contributed by atoms with Gasteiger partial charge in [0.2, 0.25) is 0 Å². The van der Waals surface area contributed by atoms with Gasteiger partial charge >= 0.3 is 0 Å². The van der Waals surface area contributed by atoms with Crippen LogP contribution in [0.15, 0.2) is 36.8 Å². The highest BCUT2D eigenvalue weighted by Crippen LogP contribution is 2.18. The maximum atomic E-state index is 5.91. The van der Waals surface area contributed by atoms with Crippen molar-refractivity contribution in [3.63, 3.8) is 0 Å². The van der Waals surface area contributed by atoms with Crippen LogP contribution in [0.4, 0.5) is 5.69 Å². The third-order valence-electron chi connectivity index (χ3n) is 2.32. The Morgan fingerprint density at radius 2 is 2.11 bits per heavy atom. The third kappa shape index (κ3) is 3.97. The van der Waals surface area contributed by atoms with Crippen LogP contribution >= 0.6 is 11.6 Å². The molecule has 2 heterocycles. The third-order valence-corrected chi connectivity index (χ3v) is 2.52. The number of hydrogen-bond acceptors (Lipinski definition) is 3. The summed E-state index contributed by atoms with van der Waals surface area (Å²) in [5.41, 5.74) is 2.58. The molecule has 0 fully saturated rings. The van der Waals surface area contributed by atoms with Crippen molar-refractivity contribution in [2.24, 2.45) is 0 Å². The van der Waals surface area contributed by atoms with Crippen molar-refractivity contribution in [2.45, 2.75) is 19.9 Å². The zero-order valence-corrected chi connectivity index (χ0v) is 11.6. The number of halogens is 1. The summed E-state index contributed by atoms with van der Waals surface area (Å²) < 4.78 is 0. The van der Waals surface area contributed by atoms with Crippen molar-refractivity contribution in [2.75, 3.05) is 5.32 Å². The van der Waals surface area contributed by atoms with Gasteiger partial charge in [0.25, 0.3) is 0 Å². The molecule has 0 aliphatic carbocycles. The van der Waals surface area contributed by atoms with Crippen LogP contribution < -0.4 is 5.32 Å². The molecule has 0 radical (unpaired) electrons. The maximum Gasteiger partial charge on any atom is 0.131 e. The minimum atomic E-state index is 0.303. The van der Waals surface area contributed by atoms with Gasteiger partial charge in [0.05, 0.1) is 11.3 Å². The molecule has 2 aromatic rings. The smallest absolute Gasteiger partial charge is 0.131 e. The summed E-state index contributed by atoms with van der Waals surface area (Å²) in [5.74, 6) is 6.15. The van der Waals surface area contributed by atoms with E-state index in [-0.39, 0.29) is 0 Å². The highest BCUT2D eigenvalue weighted by molar-refractivity contribution is 6.29. The maximum absolute atomic E-state index is 5.91. The van der Waals surface area contributed by atoms with E-state index in [0.29, 0.717) is 11.2 Å². The summed E-state index contributed by atoms with van der Waals surface area (Å²) in [5, 5.41) is 3.76. The normalized spacial score (nSPS) is 9.89. The predicted octanol–water partition coefficient (Wildman–Crippen LogP) is 3.35. The van der Waals surface area contributed by atoms with Crippen LogP contribution in [-0.4, -0.2) is 16.0 Å². The standard InChI is InChI=1S/C15H14ClN3/c1-11(2)19-14-8-15(16)18-10-13(14)6-5-12-4-3-7-17-9-12/h3-4,7-11H,1-2H3,(H,18,19). The highest BCUT2D eigenvalue weighted by atomic mass is 35.5. The molecule has 19 heavy (non-hydrogen) atoms. The fourth-order valence-corrected chi connectivity index (χ4v) is 1.69. The van der Waals surface area contributed by atoms with Gasteiger partial charge in [0, 0.05) is 30.2 Å². The van der Waals surface area contributed by atoms with Crippen molar-refractivity contribution in [3.8, 4) is 11.8 Å². The molecule has 0 bridgehead atoms. The molecule has 2 aromatic heterocycles. The Kier molecular flexibility index (Phi) is 4.38. The molecule has 2 rings (SSSR count). The van der Waals surface area contributed by atoms with Gasteiger partial charge < -0.3 is 5.32 Å². The Bertz CT molecular complexity index is 612. The Balaban J connectivity index is 2.32. The number of nitrogens with one attached hydrogen (secondary N) is 1. The number of hydrogen-bond donors (Lipinski definition) is 1. The summed E-state index contributed by atoms with van der Waals surface area (Å²) in [6.07, 6.45) is 5.13. The molecular formula is C15H14ClN3. The molecule has 1 N–H and O–H groups in total. The summed E-state index contributed by atoms with van der Waals surface area (Å²) in [6.45, 7) is 4.12. The fraction of sp³-hybridized carbons (Fsp3) is 0.200. The molecule has 0 aliphatic heterocycles. The van der Waals surface area contributed by atoms with E-state index in [9.17, 15) is 0 Å². The molecule has 0 atom stereocenters. The van der Waals surface area contributed by atoms with Crippen molar-refractivity contribution in [1.29, 1.82) is 0 Å². The van der Waals surface area contributed by atoms with Crippen LogP contribution in [0.5, 0.6) is 0 Å². The number of anilines is 1. The van der Waals surface area contributed by atoms with Gasteiger partial charge in [0.15, 0.2) is 0 Å². The van der Waals surface area contributed by atoms with Crippen LogP contribution in [0.1, 0.15) is 25.0 Å². The molecule has 0 saturated heterocycles.